The van der Waals surface area contributed by atoms with Gasteiger partial charge in [-0.3, -0.25) is 0 Å². The van der Waals surface area contributed by atoms with Crippen molar-refractivity contribution in [2.75, 3.05) is 13.2 Å². The van der Waals surface area contributed by atoms with Gasteiger partial charge in [0.25, 0.3) is 0 Å². The quantitative estimate of drug-likeness (QED) is 0.767. The first-order valence-electron chi connectivity index (χ1n) is 7.29. The van der Waals surface area contributed by atoms with E-state index in [1.807, 2.05) is 13.8 Å². The van der Waals surface area contributed by atoms with Crippen molar-refractivity contribution in [3.63, 3.8) is 0 Å². The Hall–Kier alpha value is -1.11. The lowest BCUT2D eigenvalue weighted by Gasteiger charge is -2.12. The third-order valence-corrected chi connectivity index (χ3v) is 4.81. The van der Waals surface area contributed by atoms with Crippen LogP contribution in [0, 0.1) is 11.8 Å². The van der Waals surface area contributed by atoms with Gasteiger partial charge in [0.05, 0.1) is 17.6 Å². The highest BCUT2D eigenvalue weighted by Gasteiger charge is 2.30. The normalized spacial score (nSPS) is 17.0. The average molecular weight is 313 g/mol. The summed E-state index contributed by atoms with van der Waals surface area (Å²) in [6.45, 7) is 4.76. The van der Waals surface area contributed by atoms with Gasteiger partial charge in [0, 0.05) is 6.54 Å². The zero-order valence-electron chi connectivity index (χ0n) is 12.5. The van der Waals surface area contributed by atoms with Crippen LogP contribution in [0.2, 0.25) is 0 Å². The number of rotatable bonds is 8. The van der Waals surface area contributed by atoms with E-state index in [2.05, 4.69) is 4.72 Å². The molecule has 1 aromatic rings. The third kappa shape index (κ3) is 4.98. The lowest BCUT2D eigenvalue weighted by Crippen LogP contribution is -2.33. The van der Waals surface area contributed by atoms with Gasteiger partial charge in [-0.2, -0.15) is 0 Å². The van der Waals surface area contributed by atoms with Crippen LogP contribution in [0.5, 0.6) is 5.75 Å². The molecule has 1 fully saturated rings. The van der Waals surface area contributed by atoms with Crippen LogP contribution in [-0.4, -0.2) is 32.8 Å². The molecule has 0 amide bonds. The van der Waals surface area contributed by atoms with E-state index in [9.17, 15) is 13.5 Å². The van der Waals surface area contributed by atoms with Crippen molar-refractivity contribution < 1.29 is 18.3 Å². The summed E-state index contributed by atoms with van der Waals surface area (Å²) in [6.07, 6.45) is 1.36. The highest BCUT2D eigenvalue weighted by atomic mass is 32.2. The van der Waals surface area contributed by atoms with Crippen molar-refractivity contribution in [3.05, 3.63) is 24.3 Å². The Morgan fingerprint density at radius 2 is 1.90 bits per heavy atom. The van der Waals surface area contributed by atoms with Gasteiger partial charge in [-0.15, -0.1) is 0 Å². The SMILES string of the molecule is CC(C)COc1ccc(S(=O)(=O)NCC(O)C2CC2)cc1. The Labute approximate surface area is 126 Å². The van der Waals surface area contributed by atoms with Crippen LogP contribution < -0.4 is 9.46 Å². The summed E-state index contributed by atoms with van der Waals surface area (Å²) in [5.41, 5.74) is 0. The predicted octanol–water partition coefficient (Wildman–Crippen LogP) is 1.77. The number of hydrogen-bond acceptors (Lipinski definition) is 4. The lowest BCUT2D eigenvalue weighted by molar-refractivity contribution is 0.155. The molecule has 0 aliphatic heterocycles. The Bertz CT molecular complexity index is 550. The predicted molar refractivity (Wildman–Crippen MR) is 80.7 cm³/mol. The van der Waals surface area contributed by atoms with Gasteiger partial charge >= 0.3 is 0 Å². The molecular formula is C15H23NO4S. The minimum absolute atomic E-state index is 0.0681. The van der Waals surface area contributed by atoms with E-state index < -0.39 is 16.1 Å². The Kier molecular flexibility index (Phi) is 5.24. The third-order valence-electron chi connectivity index (χ3n) is 3.37. The maximum Gasteiger partial charge on any atom is 0.240 e. The maximum atomic E-state index is 12.1. The highest BCUT2D eigenvalue weighted by Crippen LogP contribution is 2.32. The van der Waals surface area contributed by atoms with Crippen molar-refractivity contribution in [1.82, 2.24) is 4.72 Å². The van der Waals surface area contributed by atoms with E-state index in [0.29, 0.717) is 18.3 Å². The molecule has 0 aromatic heterocycles. The molecule has 0 bridgehead atoms. The highest BCUT2D eigenvalue weighted by molar-refractivity contribution is 7.89. The van der Waals surface area contributed by atoms with Gasteiger partial charge in [0.2, 0.25) is 10.0 Å². The Balaban J connectivity index is 1.92. The first-order chi connectivity index (χ1) is 9.88. The molecule has 0 spiro atoms. The molecule has 0 radical (unpaired) electrons. The van der Waals surface area contributed by atoms with E-state index in [-0.39, 0.29) is 17.4 Å². The largest absolute Gasteiger partial charge is 0.493 e. The minimum Gasteiger partial charge on any atom is -0.493 e. The number of hydrogen-bond donors (Lipinski definition) is 2. The molecule has 1 aliphatic rings. The van der Waals surface area contributed by atoms with E-state index in [1.165, 1.54) is 12.1 Å². The zero-order valence-corrected chi connectivity index (χ0v) is 13.3. The number of nitrogens with one attached hydrogen (secondary N) is 1. The van der Waals surface area contributed by atoms with Gasteiger partial charge in [-0.25, -0.2) is 13.1 Å². The van der Waals surface area contributed by atoms with E-state index in [0.717, 1.165) is 12.8 Å². The van der Waals surface area contributed by atoms with Crippen LogP contribution in [0.1, 0.15) is 26.7 Å². The number of benzene rings is 1. The van der Waals surface area contributed by atoms with Crippen LogP contribution in [0.15, 0.2) is 29.2 Å². The molecule has 0 heterocycles. The molecule has 1 unspecified atom stereocenters. The van der Waals surface area contributed by atoms with Gasteiger partial charge < -0.3 is 9.84 Å². The maximum absolute atomic E-state index is 12.1. The molecule has 1 atom stereocenters. The molecule has 1 aromatic carbocycles. The molecule has 1 saturated carbocycles. The summed E-state index contributed by atoms with van der Waals surface area (Å²) >= 11 is 0. The van der Waals surface area contributed by atoms with Crippen LogP contribution in [0.3, 0.4) is 0 Å². The smallest absolute Gasteiger partial charge is 0.240 e. The Morgan fingerprint density at radius 1 is 1.29 bits per heavy atom. The molecule has 1 aliphatic carbocycles. The van der Waals surface area contributed by atoms with E-state index >= 15 is 0 Å². The summed E-state index contributed by atoms with van der Waals surface area (Å²) in [6, 6.07) is 6.32. The van der Waals surface area contributed by atoms with Crippen LogP contribution in [0.25, 0.3) is 0 Å². The second-order valence-electron chi connectivity index (χ2n) is 5.93. The first-order valence-corrected chi connectivity index (χ1v) is 8.77. The second-order valence-corrected chi connectivity index (χ2v) is 7.70. The van der Waals surface area contributed by atoms with Crippen molar-refractivity contribution in [1.29, 1.82) is 0 Å². The topological polar surface area (TPSA) is 75.6 Å². The van der Waals surface area contributed by atoms with Crippen LogP contribution in [-0.2, 0) is 10.0 Å². The fraction of sp³-hybridized carbons (Fsp3) is 0.600. The number of aliphatic hydroxyl groups is 1. The fourth-order valence-corrected chi connectivity index (χ4v) is 2.96. The minimum atomic E-state index is -3.57. The molecule has 118 valence electrons. The molecule has 6 heteroatoms. The number of ether oxygens (including phenoxy) is 1. The summed E-state index contributed by atoms with van der Waals surface area (Å²) in [5.74, 6) is 1.32. The molecule has 5 nitrogen and oxygen atoms in total. The van der Waals surface area contributed by atoms with E-state index in [1.54, 1.807) is 12.1 Å². The van der Waals surface area contributed by atoms with Crippen LogP contribution >= 0.6 is 0 Å². The molecule has 21 heavy (non-hydrogen) atoms. The second kappa shape index (κ2) is 6.77. The summed E-state index contributed by atoms with van der Waals surface area (Å²) < 4.78 is 32.2. The monoisotopic (exact) mass is 313 g/mol. The molecule has 2 rings (SSSR count). The number of aliphatic hydroxyl groups excluding tert-OH is 1. The summed E-state index contributed by atoms with van der Waals surface area (Å²) in [4.78, 5) is 0.183. The standard InChI is InChI=1S/C15H23NO4S/c1-11(2)10-20-13-5-7-14(8-6-13)21(18,19)16-9-15(17)12-3-4-12/h5-8,11-12,15-17H,3-4,9-10H2,1-2H3. The molecular weight excluding hydrogens is 290 g/mol. The van der Waals surface area contributed by atoms with Gasteiger partial charge in [-0.05, 0) is 48.9 Å². The van der Waals surface area contributed by atoms with Crippen molar-refractivity contribution in [2.45, 2.75) is 37.7 Å². The fourth-order valence-electron chi connectivity index (χ4n) is 1.90. The first kappa shape index (κ1) is 16.3. The number of sulfonamides is 1. The van der Waals surface area contributed by atoms with Crippen LogP contribution in [0.4, 0.5) is 0 Å². The lowest BCUT2D eigenvalue weighted by atomic mass is 10.2. The summed E-state index contributed by atoms with van der Waals surface area (Å²) in [7, 11) is -3.57. The van der Waals surface area contributed by atoms with Crippen molar-refractivity contribution in [3.8, 4) is 5.75 Å². The van der Waals surface area contributed by atoms with Crippen molar-refractivity contribution in [2.24, 2.45) is 11.8 Å². The zero-order chi connectivity index (χ0) is 15.5. The van der Waals surface area contributed by atoms with Gasteiger partial charge in [-0.1, -0.05) is 13.8 Å². The summed E-state index contributed by atoms with van der Waals surface area (Å²) in [5, 5.41) is 9.72. The average Bonchev–Trinajstić information content (AvgIpc) is 3.27. The molecule has 0 saturated heterocycles. The van der Waals surface area contributed by atoms with Gasteiger partial charge in [0.1, 0.15) is 5.75 Å². The van der Waals surface area contributed by atoms with Gasteiger partial charge in [0.15, 0.2) is 0 Å². The van der Waals surface area contributed by atoms with Crippen molar-refractivity contribution >= 4 is 10.0 Å². The van der Waals surface area contributed by atoms with E-state index in [4.69, 9.17) is 4.74 Å². The molecule has 2 N–H and O–H groups in total. The Morgan fingerprint density at radius 3 is 2.43 bits per heavy atom.